The molecule has 0 bridgehead atoms. The molecule has 0 spiro atoms. The van der Waals surface area contributed by atoms with Crippen LogP contribution in [0.1, 0.15) is 15.4 Å². The number of aryl methyl sites for hydroxylation is 2. The molecule has 0 saturated carbocycles. The molecule has 0 radical (unpaired) electrons. The summed E-state index contributed by atoms with van der Waals surface area (Å²) < 4.78 is 5.35. The second kappa shape index (κ2) is 7.93. The van der Waals surface area contributed by atoms with Crippen LogP contribution < -0.4 is 11.2 Å². The first-order valence-corrected chi connectivity index (χ1v) is 11.1. The van der Waals surface area contributed by atoms with Crippen LogP contribution in [0.5, 0.6) is 0 Å². The molecule has 0 N–H and O–H groups in total. The number of carbonyl (C=O) groups is 1. The number of carbonyl (C=O) groups excluding carboxylic acids is 1. The van der Waals surface area contributed by atoms with E-state index >= 15 is 0 Å². The summed E-state index contributed by atoms with van der Waals surface area (Å²) in [6.07, 6.45) is 0.137. The molecule has 1 aromatic carbocycles. The van der Waals surface area contributed by atoms with Gasteiger partial charge in [-0.05, 0) is 17.8 Å². The van der Waals surface area contributed by atoms with Crippen molar-refractivity contribution in [2.24, 2.45) is 21.1 Å². The van der Waals surface area contributed by atoms with Crippen LogP contribution in [-0.2, 0) is 27.6 Å². The average Bonchev–Trinajstić information content (AvgIpc) is 3.29. The fourth-order valence-electron chi connectivity index (χ4n) is 2.94. The zero-order valence-electron chi connectivity index (χ0n) is 16.1. The van der Waals surface area contributed by atoms with Gasteiger partial charge in [-0.1, -0.05) is 45.5 Å². The number of hydrogen-bond acceptors (Lipinski definition) is 8. The molecule has 9 nitrogen and oxygen atoms in total. The van der Waals surface area contributed by atoms with Gasteiger partial charge in [-0.15, -0.1) is 10.2 Å². The van der Waals surface area contributed by atoms with Crippen LogP contribution in [0.3, 0.4) is 0 Å². The Morgan fingerprint density at radius 3 is 2.57 bits per heavy atom. The average molecular weight is 507 g/mol. The molecule has 30 heavy (non-hydrogen) atoms. The summed E-state index contributed by atoms with van der Waals surface area (Å²) >= 11 is 5.90. The minimum Gasteiger partial charge on any atom is -0.316 e. The van der Waals surface area contributed by atoms with Crippen molar-refractivity contribution >= 4 is 56.0 Å². The summed E-state index contributed by atoms with van der Waals surface area (Å²) in [7, 11) is 4.72. The molecule has 0 atom stereocenters. The van der Waals surface area contributed by atoms with Crippen molar-refractivity contribution in [1.29, 1.82) is 0 Å². The highest BCUT2D eigenvalue weighted by Crippen LogP contribution is 2.31. The van der Waals surface area contributed by atoms with Crippen LogP contribution in [0.4, 0.5) is 0 Å². The summed E-state index contributed by atoms with van der Waals surface area (Å²) in [6.45, 7) is 0. The molecule has 0 fully saturated rings. The Labute approximate surface area is 186 Å². The van der Waals surface area contributed by atoms with Crippen molar-refractivity contribution in [3.05, 3.63) is 60.1 Å². The van der Waals surface area contributed by atoms with Crippen LogP contribution in [0.2, 0.25) is 0 Å². The van der Waals surface area contributed by atoms with E-state index < -0.39 is 11.2 Å². The SMILES string of the molecule is Cn1c(=O)c2c(nc(Sc3nnc(CC(=O)c4ccccc4Br)s3)n2C)n(C)c1=O. The molecule has 4 aromatic rings. The highest BCUT2D eigenvalue weighted by molar-refractivity contribution is 9.10. The van der Waals surface area contributed by atoms with Crippen molar-refractivity contribution in [3.63, 3.8) is 0 Å². The first kappa shape index (κ1) is 20.7. The number of hydrogen-bond donors (Lipinski definition) is 0. The highest BCUT2D eigenvalue weighted by Gasteiger charge is 2.20. The van der Waals surface area contributed by atoms with Gasteiger partial charge in [-0.25, -0.2) is 9.78 Å². The van der Waals surface area contributed by atoms with E-state index in [9.17, 15) is 14.4 Å². The van der Waals surface area contributed by atoms with Gasteiger partial charge in [0, 0.05) is 31.2 Å². The molecule has 12 heteroatoms. The fourth-order valence-corrected chi connectivity index (χ4v) is 5.29. The van der Waals surface area contributed by atoms with E-state index in [2.05, 4.69) is 31.1 Å². The molecule has 0 saturated heterocycles. The number of ketones is 1. The Hall–Kier alpha value is -2.57. The highest BCUT2D eigenvalue weighted by atomic mass is 79.9. The van der Waals surface area contributed by atoms with E-state index in [4.69, 9.17) is 0 Å². The van der Waals surface area contributed by atoms with Gasteiger partial charge in [0.25, 0.3) is 5.56 Å². The summed E-state index contributed by atoms with van der Waals surface area (Å²) in [5.41, 5.74) is 0.379. The molecule has 0 aliphatic heterocycles. The van der Waals surface area contributed by atoms with Gasteiger partial charge in [-0.3, -0.25) is 18.7 Å². The second-order valence-corrected chi connectivity index (χ2v) is 9.61. The zero-order valence-corrected chi connectivity index (χ0v) is 19.3. The van der Waals surface area contributed by atoms with Gasteiger partial charge < -0.3 is 4.57 Å². The van der Waals surface area contributed by atoms with E-state index in [0.29, 0.717) is 31.2 Å². The lowest BCUT2D eigenvalue weighted by Crippen LogP contribution is -2.37. The molecular formula is C18H15BrN6O3S2. The molecule has 3 aromatic heterocycles. The number of halogens is 1. The minimum atomic E-state index is -0.439. The monoisotopic (exact) mass is 506 g/mol. The van der Waals surface area contributed by atoms with E-state index in [0.717, 1.165) is 9.04 Å². The molecule has 0 amide bonds. The third kappa shape index (κ3) is 3.55. The van der Waals surface area contributed by atoms with Gasteiger partial charge >= 0.3 is 5.69 Å². The lowest BCUT2D eigenvalue weighted by Gasteiger charge is -2.03. The molecular weight excluding hydrogens is 492 g/mol. The Balaban J connectivity index is 1.62. The molecule has 154 valence electrons. The third-order valence-electron chi connectivity index (χ3n) is 4.55. The third-order valence-corrected chi connectivity index (χ3v) is 7.26. The first-order chi connectivity index (χ1) is 14.3. The summed E-state index contributed by atoms with van der Waals surface area (Å²) in [5.74, 6) is -0.0589. The normalized spacial score (nSPS) is 11.3. The van der Waals surface area contributed by atoms with Crippen LogP contribution in [0.25, 0.3) is 11.2 Å². The number of fused-ring (bicyclic) bond motifs is 1. The lowest BCUT2D eigenvalue weighted by molar-refractivity contribution is 0.0992. The van der Waals surface area contributed by atoms with E-state index in [1.165, 1.54) is 34.7 Å². The van der Waals surface area contributed by atoms with E-state index in [1.54, 1.807) is 24.7 Å². The number of benzene rings is 1. The molecule has 4 rings (SSSR count). The van der Waals surface area contributed by atoms with Crippen molar-refractivity contribution < 1.29 is 4.79 Å². The van der Waals surface area contributed by atoms with Crippen LogP contribution in [-0.4, -0.2) is 34.7 Å². The number of aromatic nitrogens is 6. The number of Topliss-reactive ketones (excluding diaryl/α,β-unsaturated/α-hetero) is 1. The second-order valence-electron chi connectivity index (χ2n) is 6.47. The van der Waals surface area contributed by atoms with Gasteiger partial charge in [0.15, 0.2) is 26.4 Å². The van der Waals surface area contributed by atoms with Gasteiger partial charge in [0.2, 0.25) is 0 Å². The maximum Gasteiger partial charge on any atom is 0.332 e. The molecule has 0 aliphatic rings. The predicted molar refractivity (Wildman–Crippen MR) is 117 cm³/mol. The maximum atomic E-state index is 12.5. The van der Waals surface area contributed by atoms with Gasteiger partial charge in [0.05, 0.1) is 6.42 Å². The zero-order chi connectivity index (χ0) is 21.6. The van der Waals surface area contributed by atoms with Crippen LogP contribution >= 0.6 is 39.0 Å². The quantitative estimate of drug-likeness (QED) is 0.382. The molecule has 0 unspecified atom stereocenters. The number of imidazole rings is 1. The molecule has 3 heterocycles. The largest absolute Gasteiger partial charge is 0.332 e. The standard InChI is InChI=1S/C18H15BrN6O3S2/c1-23-13-14(24(2)18(28)25(3)15(13)27)20-16(23)30-17-22-21-12(29-17)8-11(26)9-6-4-5-7-10(9)19/h4-7H,8H2,1-3H3. The number of rotatable bonds is 5. The Kier molecular flexibility index (Phi) is 5.47. The van der Waals surface area contributed by atoms with Crippen molar-refractivity contribution in [2.75, 3.05) is 0 Å². The van der Waals surface area contributed by atoms with E-state index in [-0.39, 0.29) is 12.2 Å². The van der Waals surface area contributed by atoms with Crippen LogP contribution in [0, 0.1) is 0 Å². The fraction of sp³-hybridized carbons (Fsp3) is 0.222. The van der Waals surface area contributed by atoms with Gasteiger partial charge in [0.1, 0.15) is 5.01 Å². The van der Waals surface area contributed by atoms with Crippen molar-refractivity contribution in [3.8, 4) is 0 Å². The molecule has 0 aliphatic carbocycles. The van der Waals surface area contributed by atoms with Gasteiger partial charge in [-0.2, -0.15) is 0 Å². The Bertz CT molecular complexity index is 1420. The summed E-state index contributed by atoms with van der Waals surface area (Å²) in [6, 6.07) is 7.23. The van der Waals surface area contributed by atoms with E-state index in [1.807, 2.05) is 18.2 Å². The maximum absolute atomic E-state index is 12.5. The lowest BCUT2D eigenvalue weighted by atomic mass is 10.1. The Morgan fingerprint density at radius 2 is 1.83 bits per heavy atom. The topological polar surface area (TPSA) is 105 Å². The summed E-state index contributed by atoms with van der Waals surface area (Å²) in [5, 5.41) is 9.33. The smallest absolute Gasteiger partial charge is 0.316 e. The first-order valence-electron chi connectivity index (χ1n) is 8.68. The minimum absolute atomic E-state index is 0.0589. The predicted octanol–water partition coefficient (Wildman–Crippen LogP) is 2.16. The Morgan fingerprint density at radius 1 is 1.10 bits per heavy atom. The van der Waals surface area contributed by atoms with Crippen molar-refractivity contribution in [2.45, 2.75) is 15.9 Å². The van der Waals surface area contributed by atoms with Crippen molar-refractivity contribution in [1.82, 2.24) is 28.9 Å². The van der Waals surface area contributed by atoms with Crippen LogP contribution in [0.15, 0.2) is 47.8 Å². The number of nitrogens with zero attached hydrogens (tertiary/aromatic N) is 6. The summed E-state index contributed by atoms with van der Waals surface area (Å²) in [4.78, 5) is 41.6.